The fraction of sp³-hybridized carbons (Fsp3) is 0.167. The Labute approximate surface area is 124 Å². The number of aryl methyl sites for hydroxylation is 2. The molecule has 3 nitrogen and oxygen atoms in total. The van der Waals surface area contributed by atoms with E-state index >= 15 is 0 Å². The molecular weight excluding hydrogens is 260 g/mol. The smallest absolute Gasteiger partial charge is 0.218 e. The first kappa shape index (κ1) is 13.4. The molecule has 3 aromatic rings. The SMILES string of the molecule is CCn1nc(-c2ccccc2)c(-c2ccc(C)cc2)c1O. The summed E-state index contributed by atoms with van der Waals surface area (Å²) in [5, 5.41) is 15.1. The Morgan fingerprint density at radius 2 is 1.62 bits per heavy atom. The van der Waals surface area contributed by atoms with Crippen LogP contribution in [0.25, 0.3) is 22.4 Å². The Hall–Kier alpha value is -2.55. The lowest BCUT2D eigenvalue weighted by Crippen LogP contribution is -1.95. The predicted molar refractivity (Wildman–Crippen MR) is 85.2 cm³/mol. The number of aromatic hydroxyl groups is 1. The van der Waals surface area contributed by atoms with Gasteiger partial charge in [-0.25, -0.2) is 4.68 Å². The van der Waals surface area contributed by atoms with E-state index in [1.807, 2.05) is 61.5 Å². The largest absolute Gasteiger partial charge is 0.493 e. The molecule has 106 valence electrons. The number of benzene rings is 2. The molecule has 0 aliphatic heterocycles. The van der Waals surface area contributed by atoms with Crippen molar-refractivity contribution < 1.29 is 5.11 Å². The highest BCUT2D eigenvalue weighted by molar-refractivity contribution is 5.84. The molecule has 21 heavy (non-hydrogen) atoms. The summed E-state index contributed by atoms with van der Waals surface area (Å²) in [5.41, 5.74) is 4.80. The van der Waals surface area contributed by atoms with E-state index in [0.29, 0.717) is 6.54 Å². The van der Waals surface area contributed by atoms with Gasteiger partial charge in [0.15, 0.2) is 0 Å². The summed E-state index contributed by atoms with van der Waals surface area (Å²) in [7, 11) is 0. The van der Waals surface area contributed by atoms with E-state index in [1.165, 1.54) is 5.56 Å². The van der Waals surface area contributed by atoms with Gasteiger partial charge in [-0.05, 0) is 19.4 Å². The van der Waals surface area contributed by atoms with Gasteiger partial charge in [-0.2, -0.15) is 5.10 Å². The first-order valence-electron chi connectivity index (χ1n) is 7.13. The standard InChI is InChI=1S/C18H18N2O/c1-3-20-18(21)16(14-11-9-13(2)10-12-14)17(19-20)15-7-5-4-6-8-15/h4-12,21H,3H2,1-2H3. The van der Waals surface area contributed by atoms with Crippen LogP contribution in [0, 0.1) is 6.92 Å². The Bertz CT molecular complexity index is 743. The van der Waals surface area contributed by atoms with Crippen molar-refractivity contribution in [2.45, 2.75) is 20.4 Å². The molecule has 3 heteroatoms. The van der Waals surface area contributed by atoms with Crippen LogP contribution >= 0.6 is 0 Å². The van der Waals surface area contributed by atoms with E-state index in [2.05, 4.69) is 12.0 Å². The van der Waals surface area contributed by atoms with Gasteiger partial charge in [-0.3, -0.25) is 0 Å². The summed E-state index contributed by atoms with van der Waals surface area (Å²) in [6.45, 7) is 4.66. The van der Waals surface area contributed by atoms with Crippen molar-refractivity contribution in [3.63, 3.8) is 0 Å². The quantitative estimate of drug-likeness (QED) is 0.777. The second-order valence-corrected chi connectivity index (χ2v) is 5.10. The Balaban J connectivity index is 2.23. The van der Waals surface area contributed by atoms with Crippen LogP contribution in [0.1, 0.15) is 12.5 Å². The Kier molecular flexibility index (Phi) is 3.48. The van der Waals surface area contributed by atoms with E-state index in [-0.39, 0.29) is 5.88 Å². The second-order valence-electron chi connectivity index (χ2n) is 5.10. The van der Waals surface area contributed by atoms with Crippen LogP contribution in [0.2, 0.25) is 0 Å². The minimum absolute atomic E-state index is 0.222. The van der Waals surface area contributed by atoms with Gasteiger partial charge in [-0.15, -0.1) is 0 Å². The molecule has 0 radical (unpaired) electrons. The summed E-state index contributed by atoms with van der Waals surface area (Å²) in [4.78, 5) is 0. The van der Waals surface area contributed by atoms with E-state index < -0.39 is 0 Å². The zero-order valence-corrected chi connectivity index (χ0v) is 12.2. The third kappa shape index (κ3) is 2.42. The molecule has 0 bridgehead atoms. The molecule has 1 aromatic heterocycles. The van der Waals surface area contributed by atoms with Gasteiger partial charge in [0.25, 0.3) is 0 Å². The fourth-order valence-electron chi connectivity index (χ4n) is 2.46. The zero-order chi connectivity index (χ0) is 14.8. The van der Waals surface area contributed by atoms with Crippen LogP contribution in [-0.4, -0.2) is 14.9 Å². The average molecular weight is 278 g/mol. The Morgan fingerprint density at radius 1 is 0.952 bits per heavy atom. The lowest BCUT2D eigenvalue weighted by molar-refractivity contribution is 0.407. The van der Waals surface area contributed by atoms with E-state index in [4.69, 9.17) is 0 Å². The first-order valence-corrected chi connectivity index (χ1v) is 7.13. The van der Waals surface area contributed by atoms with Gasteiger partial charge in [0, 0.05) is 12.1 Å². The molecule has 0 saturated carbocycles. The molecule has 0 aliphatic carbocycles. The third-order valence-corrected chi connectivity index (χ3v) is 3.61. The number of nitrogens with zero attached hydrogens (tertiary/aromatic N) is 2. The van der Waals surface area contributed by atoms with E-state index in [0.717, 1.165) is 22.4 Å². The monoisotopic (exact) mass is 278 g/mol. The van der Waals surface area contributed by atoms with Gasteiger partial charge < -0.3 is 5.11 Å². The maximum Gasteiger partial charge on any atom is 0.218 e. The van der Waals surface area contributed by atoms with Crippen LogP contribution in [0.4, 0.5) is 0 Å². The molecule has 0 unspecified atom stereocenters. The molecule has 0 saturated heterocycles. The maximum atomic E-state index is 10.5. The van der Waals surface area contributed by atoms with Crippen LogP contribution in [-0.2, 0) is 6.54 Å². The van der Waals surface area contributed by atoms with Gasteiger partial charge in [-0.1, -0.05) is 60.2 Å². The van der Waals surface area contributed by atoms with Crippen molar-refractivity contribution in [1.29, 1.82) is 0 Å². The van der Waals surface area contributed by atoms with Crippen molar-refractivity contribution >= 4 is 0 Å². The van der Waals surface area contributed by atoms with Crippen LogP contribution in [0.5, 0.6) is 5.88 Å². The molecule has 3 rings (SSSR count). The minimum atomic E-state index is 0.222. The number of rotatable bonds is 3. The molecule has 1 N–H and O–H groups in total. The van der Waals surface area contributed by atoms with Crippen LogP contribution in [0.15, 0.2) is 54.6 Å². The van der Waals surface area contributed by atoms with Crippen LogP contribution < -0.4 is 0 Å². The van der Waals surface area contributed by atoms with Gasteiger partial charge in [0.1, 0.15) is 5.69 Å². The number of hydrogen-bond donors (Lipinski definition) is 1. The summed E-state index contributed by atoms with van der Waals surface area (Å²) in [5.74, 6) is 0.222. The van der Waals surface area contributed by atoms with Crippen LogP contribution in [0.3, 0.4) is 0 Å². The highest BCUT2D eigenvalue weighted by atomic mass is 16.3. The fourth-order valence-corrected chi connectivity index (χ4v) is 2.46. The number of aromatic nitrogens is 2. The lowest BCUT2D eigenvalue weighted by atomic mass is 10.0. The first-order chi connectivity index (χ1) is 10.2. The molecule has 0 fully saturated rings. The van der Waals surface area contributed by atoms with Gasteiger partial charge in [0.2, 0.25) is 5.88 Å². The van der Waals surface area contributed by atoms with Gasteiger partial charge >= 0.3 is 0 Å². The molecule has 2 aromatic carbocycles. The van der Waals surface area contributed by atoms with E-state index in [9.17, 15) is 5.11 Å². The zero-order valence-electron chi connectivity index (χ0n) is 12.2. The van der Waals surface area contributed by atoms with Crippen molar-refractivity contribution in [2.24, 2.45) is 0 Å². The summed E-state index contributed by atoms with van der Waals surface area (Å²) in [6, 6.07) is 18.1. The average Bonchev–Trinajstić information content (AvgIpc) is 2.86. The predicted octanol–water partition coefficient (Wildman–Crippen LogP) is 4.25. The Morgan fingerprint density at radius 3 is 2.24 bits per heavy atom. The highest BCUT2D eigenvalue weighted by Crippen LogP contribution is 2.38. The van der Waals surface area contributed by atoms with Crippen molar-refractivity contribution in [1.82, 2.24) is 9.78 Å². The molecule has 0 aliphatic rings. The molecule has 1 heterocycles. The topological polar surface area (TPSA) is 38.0 Å². The maximum absolute atomic E-state index is 10.5. The summed E-state index contributed by atoms with van der Waals surface area (Å²) in [6.07, 6.45) is 0. The van der Waals surface area contributed by atoms with Crippen molar-refractivity contribution in [3.8, 4) is 28.3 Å². The normalized spacial score (nSPS) is 10.8. The second kappa shape index (κ2) is 5.44. The van der Waals surface area contributed by atoms with Crippen molar-refractivity contribution in [2.75, 3.05) is 0 Å². The molecule has 0 atom stereocenters. The van der Waals surface area contributed by atoms with E-state index in [1.54, 1.807) is 4.68 Å². The van der Waals surface area contributed by atoms with Gasteiger partial charge in [0.05, 0.1) is 5.56 Å². The molecule has 0 amide bonds. The molecular formula is C18H18N2O. The summed E-state index contributed by atoms with van der Waals surface area (Å²) >= 11 is 0. The highest BCUT2D eigenvalue weighted by Gasteiger charge is 2.19. The minimum Gasteiger partial charge on any atom is -0.493 e. The lowest BCUT2D eigenvalue weighted by Gasteiger charge is -2.04. The molecule has 0 spiro atoms. The van der Waals surface area contributed by atoms with Crippen molar-refractivity contribution in [3.05, 3.63) is 60.2 Å². The number of hydrogen-bond acceptors (Lipinski definition) is 2. The third-order valence-electron chi connectivity index (χ3n) is 3.61. The summed E-state index contributed by atoms with van der Waals surface area (Å²) < 4.78 is 1.64.